The molecular weight excluding hydrogens is 178 g/mol. The van der Waals surface area contributed by atoms with Crippen LogP contribution in [0.4, 0.5) is 0 Å². The Bertz CT molecular complexity index is 213. The number of nitrogens with two attached hydrogens (primary N) is 1. The van der Waals surface area contributed by atoms with Crippen LogP contribution in [0.5, 0.6) is 0 Å². The summed E-state index contributed by atoms with van der Waals surface area (Å²) >= 11 is 0. The van der Waals surface area contributed by atoms with Gasteiger partial charge < -0.3 is 10.8 Å². The molecule has 0 radical (unpaired) electrons. The Morgan fingerprint density at radius 2 is 2.21 bits per heavy atom. The summed E-state index contributed by atoms with van der Waals surface area (Å²) < 4.78 is 0. The zero-order valence-electron chi connectivity index (χ0n) is 9.12. The van der Waals surface area contributed by atoms with Gasteiger partial charge in [0.05, 0.1) is 5.41 Å². The molecule has 2 atom stereocenters. The predicted octanol–water partition coefficient (Wildman–Crippen LogP) is 1.86. The molecule has 0 aromatic rings. The maximum atomic E-state index is 11.3. The van der Waals surface area contributed by atoms with Crippen molar-refractivity contribution in [2.45, 2.75) is 39.5 Å². The van der Waals surface area contributed by atoms with Crippen molar-refractivity contribution in [1.82, 2.24) is 0 Å². The van der Waals surface area contributed by atoms with Crippen LogP contribution in [0, 0.1) is 17.3 Å². The highest BCUT2D eigenvalue weighted by Gasteiger charge is 2.45. The monoisotopic (exact) mass is 199 g/mol. The first-order valence-electron chi connectivity index (χ1n) is 5.50. The molecule has 0 amide bonds. The van der Waals surface area contributed by atoms with Gasteiger partial charge in [0.2, 0.25) is 0 Å². The van der Waals surface area contributed by atoms with E-state index >= 15 is 0 Å². The van der Waals surface area contributed by atoms with E-state index in [9.17, 15) is 9.90 Å². The van der Waals surface area contributed by atoms with Gasteiger partial charge in [-0.1, -0.05) is 33.1 Å². The van der Waals surface area contributed by atoms with Crippen molar-refractivity contribution < 1.29 is 9.90 Å². The molecule has 1 saturated carbocycles. The van der Waals surface area contributed by atoms with Crippen LogP contribution < -0.4 is 5.73 Å². The van der Waals surface area contributed by atoms with E-state index in [0.29, 0.717) is 5.92 Å². The van der Waals surface area contributed by atoms with Gasteiger partial charge in [-0.3, -0.25) is 4.79 Å². The van der Waals surface area contributed by atoms with Crippen LogP contribution >= 0.6 is 0 Å². The maximum absolute atomic E-state index is 11.3. The van der Waals surface area contributed by atoms with Gasteiger partial charge in [0.15, 0.2) is 0 Å². The fourth-order valence-corrected chi connectivity index (χ4v) is 2.10. The smallest absolute Gasteiger partial charge is 0.311 e. The van der Waals surface area contributed by atoms with E-state index in [-0.39, 0.29) is 12.5 Å². The summed E-state index contributed by atoms with van der Waals surface area (Å²) in [6.07, 6.45) is 4.03. The average molecular weight is 199 g/mol. The largest absolute Gasteiger partial charge is 0.481 e. The third-order valence-electron chi connectivity index (χ3n) is 3.70. The van der Waals surface area contributed by atoms with E-state index in [1.807, 2.05) is 13.8 Å². The van der Waals surface area contributed by atoms with Crippen LogP contribution in [0.2, 0.25) is 0 Å². The summed E-state index contributed by atoms with van der Waals surface area (Å²) in [6.45, 7) is 4.31. The van der Waals surface area contributed by atoms with Crippen molar-refractivity contribution in [2.24, 2.45) is 23.0 Å². The second-order valence-corrected chi connectivity index (χ2v) is 4.62. The van der Waals surface area contributed by atoms with Gasteiger partial charge >= 0.3 is 5.97 Å². The second-order valence-electron chi connectivity index (χ2n) is 4.62. The van der Waals surface area contributed by atoms with Crippen LogP contribution in [-0.2, 0) is 4.79 Å². The number of aliphatic carboxylic acids is 1. The Morgan fingerprint density at radius 1 is 1.64 bits per heavy atom. The number of hydrogen-bond acceptors (Lipinski definition) is 2. The maximum Gasteiger partial charge on any atom is 0.311 e. The molecule has 0 bridgehead atoms. The summed E-state index contributed by atoms with van der Waals surface area (Å²) in [7, 11) is 0. The van der Waals surface area contributed by atoms with E-state index in [2.05, 4.69) is 0 Å². The number of rotatable bonds is 6. The molecule has 1 fully saturated rings. The van der Waals surface area contributed by atoms with Crippen molar-refractivity contribution in [3.63, 3.8) is 0 Å². The fraction of sp³-hybridized carbons (Fsp3) is 0.909. The Labute approximate surface area is 85.7 Å². The number of carboxylic acids is 1. The first kappa shape index (κ1) is 11.5. The molecule has 1 rings (SSSR count). The molecule has 0 spiro atoms. The Kier molecular flexibility index (Phi) is 3.53. The summed E-state index contributed by atoms with van der Waals surface area (Å²) in [5, 5.41) is 9.32. The lowest BCUT2D eigenvalue weighted by Crippen LogP contribution is -2.44. The molecule has 14 heavy (non-hydrogen) atoms. The topological polar surface area (TPSA) is 63.3 Å². The molecule has 0 aliphatic heterocycles. The van der Waals surface area contributed by atoms with E-state index in [1.165, 1.54) is 12.8 Å². The summed E-state index contributed by atoms with van der Waals surface area (Å²) in [6, 6.07) is 0. The van der Waals surface area contributed by atoms with Gasteiger partial charge in [0.1, 0.15) is 0 Å². The normalized spacial score (nSPS) is 22.8. The van der Waals surface area contributed by atoms with E-state index in [4.69, 9.17) is 5.73 Å². The van der Waals surface area contributed by atoms with Crippen molar-refractivity contribution in [3.05, 3.63) is 0 Å². The molecule has 3 N–H and O–H groups in total. The minimum absolute atomic E-state index is 0.172. The molecule has 0 saturated heterocycles. The van der Waals surface area contributed by atoms with Crippen molar-refractivity contribution in [2.75, 3.05) is 6.54 Å². The zero-order valence-corrected chi connectivity index (χ0v) is 9.12. The van der Waals surface area contributed by atoms with E-state index < -0.39 is 11.4 Å². The van der Waals surface area contributed by atoms with Crippen LogP contribution in [0.15, 0.2) is 0 Å². The SMILES string of the molecule is CCC(C)C(CN)(CC1CC1)C(=O)O. The molecule has 82 valence electrons. The molecule has 3 nitrogen and oxygen atoms in total. The number of carbonyl (C=O) groups is 1. The van der Waals surface area contributed by atoms with Gasteiger partial charge in [0, 0.05) is 6.54 Å². The fourth-order valence-electron chi connectivity index (χ4n) is 2.10. The molecule has 0 heterocycles. The van der Waals surface area contributed by atoms with Crippen molar-refractivity contribution in [3.8, 4) is 0 Å². The highest BCUT2D eigenvalue weighted by atomic mass is 16.4. The Hall–Kier alpha value is -0.570. The van der Waals surface area contributed by atoms with Gasteiger partial charge in [-0.2, -0.15) is 0 Å². The molecule has 2 unspecified atom stereocenters. The highest BCUT2D eigenvalue weighted by Crippen LogP contribution is 2.44. The number of hydrogen-bond donors (Lipinski definition) is 2. The van der Waals surface area contributed by atoms with Crippen molar-refractivity contribution in [1.29, 1.82) is 0 Å². The first-order chi connectivity index (χ1) is 6.56. The van der Waals surface area contributed by atoms with Gasteiger partial charge in [-0.05, 0) is 18.3 Å². The van der Waals surface area contributed by atoms with E-state index in [0.717, 1.165) is 12.8 Å². The lowest BCUT2D eigenvalue weighted by atomic mass is 9.71. The Balaban J connectivity index is 2.77. The lowest BCUT2D eigenvalue weighted by molar-refractivity contribution is -0.152. The molecule has 1 aliphatic rings. The quantitative estimate of drug-likeness (QED) is 0.686. The van der Waals surface area contributed by atoms with Crippen LogP contribution in [-0.4, -0.2) is 17.6 Å². The van der Waals surface area contributed by atoms with E-state index in [1.54, 1.807) is 0 Å². The highest BCUT2D eigenvalue weighted by molar-refractivity contribution is 5.75. The van der Waals surface area contributed by atoms with Crippen LogP contribution in [0.1, 0.15) is 39.5 Å². The third-order valence-corrected chi connectivity index (χ3v) is 3.70. The average Bonchev–Trinajstić information content (AvgIpc) is 2.96. The van der Waals surface area contributed by atoms with Gasteiger partial charge in [0.25, 0.3) is 0 Å². The van der Waals surface area contributed by atoms with Gasteiger partial charge in [-0.15, -0.1) is 0 Å². The summed E-state index contributed by atoms with van der Waals surface area (Å²) in [5.41, 5.74) is 5.01. The summed E-state index contributed by atoms with van der Waals surface area (Å²) in [4.78, 5) is 11.3. The standard InChI is InChI=1S/C11H21NO2/c1-3-8(2)11(7-12,10(13)14)6-9-4-5-9/h8-9H,3-7,12H2,1-2H3,(H,13,14). The minimum atomic E-state index is -0.707. The molecule has 3 heteroatoms. The molecule has 0 aromatic heterocycles. The molecule has 0 aromatic carbocycles. The van der Waals surface area contributed by atoms with Crippen LogP contribution in [0.25, 0.3) is 0 Å². The molecule has 1 aliphatic carbocycles. The minimum Gasteiger partial charge on any atom is -0.481 e. The first-order valence-corrected chi connectivity index (χ1v) is 5.50. The predicted molar refractivity (Wildman–Crippen MR) is 55.9 cm³/mol. The lowest BCUT2D eigenvalue weighted by Gasteiger charge is -2.33. The Morgan fingerprint density at radius 3 is 2.50 bits per heavy atom. The van der Waals surface area contributed by atoms with Gasteiger partial charge in [-0.25, -0.2) is 0 Å². The summed E-state index contributed by atoms with van der Waals surface area (Å²) in [5.74, 6) is 0.0792. The zero-order chi connectivity index (χ0) is 10.8. The van der Waals surface area contributed by atoms with Crippen molar-refractivity contribution >= 4 is 5.97 Å². The second kappa shape index (κ2) is 4.30. The number of carboxylic acid groups (broad SMARTS) is 1. The molecular formula is C11H21NO2. The third kappa shape index (κ3) is 2.08. The van der Waals surface area contributed by atoms with Crippen LogP contribution in [0.3, 0.4) is 0 Å².